The molecule has 2 heterocycles. The van der Waals surface area contributed by atoms with Gasteiger partial charge in [0.2, 0.25) is 0 Å². The van der Waals surface area contributed by atoms with E-state index in [4.69, 9.17) is 0 Å². The lowest BCUT2D eigenvalue weighted by atomic mass is 10.1. The van der Waals surface area contributed by atoms with Gasteiger partial charge in [0.05, 0.1) is 23.0 Å². The van der Waals surface area contributed by atoms with Crippen molar-refractivity contribution in [3.05, 3.63) is 41.5 Å². The van der Waals surface area contributed by atoms with E-state index in [2.05, 4.69) is 20.6 Å². The van der Waals surface area contributed by atoms with Crippen molar-refractivity contribution in [2.75, 3.05) is 6.54 Å². The molecular formula is C13H16F3N5. The smallest absolute Gasteiger partial charge is 0.309 e. The number of nitrogens with one attached hydrogen (secondary N) is 1. The summed E-state index contributed by atoms with van der Waals surface area (Å²) in [6, 6.07) is 2.24. The van der Waals surface area contributed by atoms with Gasteiger partial charge in [-0.15, -0.1) is 5.10 Å². The molecule has 5 nitrogen and oxygen atoms in total. The number of pyridine rings is 1. The molecule has 0 saturated carbocycles. The molecule has 114 valence electrons. The van der Waals surface area contributed by atoms with Crippen molar-refractivity contribution in [3.63, 3.8) is 0 Å². The maximum Gasteiger partial charge on any atom is 0.417 e. The van der Waals surface area contributed by atoms with Gasteiger partial charge in [-0.25, -0.2) is 0 Å². The SMILES string of the molecule is CCNC(Cc1cn(C)nn1)c1ccc(C(F)(F)F)cn1. The summed E-state index contributed by atoms with van der Waals surface area (Å²) in [7, 11) is 1.76. The van der Waals surface area contributed by atoms with Gasteiger partial charge in [0.1, 0.15) is 0 Å². The van der Waals surface area contributed by atoms with Crippen molar-refractivity contribution in [1.29, 1.82) is 0 Å². The number of aromatic nitrogens is 4. The van der Waals surface area contributed by atoms with E-state index < -0.39 is 11.7 Å². The minimum Gasteiger partial charge on any atom is -0.309 e. The Labute approximate surface area is 120 Å². The molecule has 1 N–H and O–H groups in total. The van der Waals surface area contributed by atoms with Gasteiger partial charge >= 0.3 is 6.18 Å². The molecule has 0 radical (unpaired) electrons. The molecule has 0 aliphatic carbocycles. The normalized spacial score (nSPS) is 13.4. The Morgan fingerprint density at radius 3 is 2.57 bits per heavy atom. The zero-order chi connectivity index (χ0) is 15.5. The van der Waals surface area contributed by atoms with Crippen LogP contribution < -0.4 is 5.32 Å². The highest BCUT2D eigenvalue weighted by Crippen LogP contribution is 2.29. The van der Waals surface area contributed by atoms with Crippen molar-refractivity contribution >= 4 is 0 Å². The average Bonchev–Trinajstić information content (AvgIpc) is 2.83. The maximum atomic E-state index is 12.5. The standard InChI is InChI=1S/C13H16F3N5/c1-3-17-12(6-10-8-21(2)20-19-10)11-5-4-9(7-18-11)13(14,15)16/h4-5,7-8,12,17H,3,6H2,1-2H3. The largest absolute Gasteiger partial charge is 0.417 e. The molecule has 0 aliphatic heterocycles. The molecule has 0 fully saturated rings. The van der Waals surface area contributed by atoms with Crippen LogP contribution in [0.15, 0.2) is 24.5 Å². The number of likely N-dealkylation sites (N-methyl/N-ethyl adjacent to an activating group) is 1. The monoisotopic (exact) mass is 299 g/mol. The number of alkyl halides is 3. The minimum absolute atomic E-state index is 0.200. The van der Waals surface area contributed by atoms with Crippen LogP contribution in [0.25, 0.3) is 0 Å². The van der Waals surface area contributed by atoms with Crippen LogP contribution in [0.2, 0.25) is 0 Å². The first kappa shape index (κ1) is 15.4. The Balaban J connectivity index is 2.17. The second kappa shape index (κ2) is 6.21. The fourth-order valence-corrected chi connectivity index (χ4v) is 2.00. The number of rotatable bonds is 5. The number of nitrogens with zero attached hydrogens (tertiary/aromatic N) is 4. The van der Waals surface area contributed by atoms with E-state index in [-0.39, 0.29) is 6.04 Å². The Morgan fingerprint density at radius 2 is 2.10 bits per heavy atom. The molecule has 0 saturated heterocycles. The second-order valence-electron chi connectivity index (χ2n) is 4.67. The highest BCUT2D eigenvalue weighted by atomic mass is 19.4. The van der Waals surface area contributed by atoms with E-state index in [0.29, 0.717) is 18.7 Å². The van der Waals surface area contributed by atoms with E-state index in [1.54, 1.807) is 17.9 Å². The van der Waals surface area contributed by atoms with Gasteiger partial charge in [0.25, 0.3) is 0 Å². The number of hydrogen-bond acceptors (Lipinski definition) is 4. The summed E-state index contributed by atoms with van der Waals surface area (Å²) in [5, 5.41) is 11.0. The summed E-state index contributed by atoms with van der Waals surface area (Å²) in [4.78, 5) is 3.93. The molecule has 0 aliphatic rings. The first-order valence-electron chi connectivity index (χ1n) is 6.52. The van der Waals surface area contributed by atoms with E-state index in [0.717, 1.165) is 18.0 Å². The van der Waals surface area contributed by atoms with Crippen LogP contribution in [-0.4, -0.2) is 26.5 Å². The van der Waals surface area contributed by atoms with Gasteiger partial charge < -0.3 is 5.32 Å². The van der Waals surface area contributed by atoms with Gasteiger partial charge in [0.15, 0.2) is 0 Å². The molecule has 21 heavy (non-hydrogen) atoms. The Bertz CT molecular complexity index is 576. The van der Waals surface area contributed by atoms with E-state index in [1.165, 1.54) is 6.07 Å². The highest BCUT2D eigenvalue weighted by Gasteiger charge is 2.31. The van der Waals surface area contributed by atoms with Crippen LogP contribution in [0, 0.1) is 0 Å². The zero-order valence-corrected chi connectivity index (χ0v) is 11.7. The van der Waals surface area contributed by atoms with Crippen LogP contribution in [0.1, 0.15) is 29.9 Å². The third kappa shape index (κ3) is 4.01. The summed E-state index contributed by atoms with van der Waals surface area (Å²) in [6.45, 7) is 2.60. The van der Waals surface area contributed by atoms with E-state index in [1.807, 2.05) is 6.92 Å². The quantitative estimate of drug-likeness (QED) is 0.919. The van der Waals surface area contributed by atoms with E-state index in [9.17, 15) is 13.2 Å². The summed E-state index contributed by atoms with van der Waals surface area (Å²) in [5.74, 6) is 0. The fraction of sp³-hybridized carbons (Fsp3) is 0.462. The Morgan fingerprint density at radius 1 is 1.33 bits per heavy atom. The lowest BCUT2D eigenvalue weighted by Gasteiger charge is -2.16. The van der Waals surface area contributed by atoms with Gasteiger partial charge in [-0.1, -0.05) is 12.1 Å². The summed E-state index contributed by atoms with van der Waals surface area (Å²) >= 11 is 0. The molecule has 0 spiro atoms. The Kier molecular flexibility index (Phi) is 4.56. The summed E-state index contributed by atoms with van der Waals surface area (Å²) in [5.41, 5.74) is 0.557. The molecule has 2 rings (SSSR count). The van der Waals surface area contributed by atoms with Crippen molar-refractivity contribution in [2.24, 2.45) is 7.05 Å². The number of hydrogen-bond donors (Lipinski definition) is 1. The minimum atomic E-state index is -4.37. The molecule has 2 aromatic heterocycles. The Hall–Kier alpha value is -1.96. The van der Waals surface area contributed by atoms with Gasteiger partial charge in [-0.05, 0) is 18.7 Å². The van der Waals surface area contributed by atoms with Crippen LogP contribution in [0.3, 0.4) is 0 Å². The number of aryl methyl sites for hydroxylation is 1. The first-order chi connectivity index (χ1) is 9.90. The summed E-state index contributed by atoms with van der Waals surface area (Å²) in [6.07, 6.45) is -1.23. The topological polar surface area (TPSA) is 55.6 Å². The lowest BCUT2D eigenvalue weighted by Crippen LogP contribution is -2.24. The lowest BCUT2D eigenvalue weighted by molar-refractivity contribution is -0.137. The first-order valence-corrected chi connectivity index (χ1v) is 6.52. The molecule has 0 amide bonds. The third-order valence-corrected chi connectivity index (χ3v) is 2.98. The zero-order valence-electron chi connectivity index (χ0n) is 11.7. The van der Waals surface area contributed by atoms with Crippen LogP contribution in [0.4, 0.5) is 13.2 Å². The molecule has 0 aromatic carbocycles. The van der Waals surface area contributed by atoms with Crippen LogP contribution >= 0.6 is 0 Å². The molecule has 0 bridgehead atoms. The van der Waals surface area contributed by atoms with Crippen molar-refractivity contribution in [1.82, 2.24) is 25.3 Å². The van der Waals surface area contributed by atoms with Crippen molar-refractivity contribution in [2.45, 2.75) is 25.6 Å². The third-order valence-electron chi connectivity index (χ3n) is 2.98. The summed E-state index contributed by atoms with van der Waals surface area (Å²) < 4.78 is 39.2. The molecule has 1 unspecified atom stereocenters. The van der Waals surface area contributed by atoms with E-state index >= 15 is 0 Å². The second-order valence-corrected chi connectivity index (χ2v) is 4.67. The predicted octanol–water partition coefficient (Wildman–Crippen LogP) is 2.12. The number of halogens is 3. The fourth-order valence-electron chi connectivity index (χ4n) is 2.00. The van der Waals surface area contributed by atoms with Crippen molar-refractivity contribution < 1.29 is 13.2 Å². The predicted molar refractivity (Wildman–Crippen MR) is 70.4 cm³/mol. The maximum absolute atomic E-state index is 12.5. The van der Waals surface area contributed by atoms with Gasteiger partial charge in [-0.3, -0.25) is 9.67 Å². The molecule has 8 heteroatoms. The van der Waals surface area contributed by atoms with Gasteiger partial charge in [0, 0.05) is 25.9 Å². The highest BCUT2D eigenvalue weighted by molar-refractivity contribution is 5.20. The average molecular weight is 299 g/mol. The van der Waals surface area contributed by atoms with Crippen LogP contribution in [-0.2, 0) is 19.6 Å². The van der Waals surface area contributed by atoms with Crippen LogP contribution in [0.5, 0.6) is 0 Å². The van der Waals surface area contributed by atoms with Crippen molar-refractivity contribution in [3.8, 4) is 0 Å². The molecule has 2 aromatic rings. The van der Waals surface area contributed by atoms with Gasteiger partial charge in [-0.2, -0.15) is 13.2 Å². The molecule has 1 atom stereocenters. The molecular weight excluding hydrogens is 283 g/mol.